The van der Waals surface area contributed by atoms with Gasteiger partial charge in [-0.3, -0.25) is 10.1 Å². The number of hydrogen-bond acceptors (Lipinski definition) is 6. The van der Waals surface area contributed by atoms with E-state index in [4.69, 9.17) is 21.6 Å². The fraction of sp³-hybridized carbons (Fsp3) is 0. The van der Waals surface area contributed by atoms with Gasteiger partial charge in [-0.05, 0) is 24.3 Å². The summed E-state index contributed by atoms with van der Waals surface area (Å²) in [5.41, 5.74) is 4.58. The van der Waals surface area contributed by atoms with Gasteiger partial charge in [-0.15, -0.1) is 0 Å². The zero-order chi connectivity index (χ0) is 24.2. The van der Waals surface area contributed by atoms with Crippen molar-refractivity contribution < 1.29 is 4.92 Å². The molecule has 0 spiro atoms. The van der Waals surface area contributed by atoms with E-state index in [1.807, 2.05) is 84.9 Å². The number of pyridine rings is 1. The molecule has 0 bridgehead atoms. The van der Waals surface area contributed by atoms with Gasteiger partial charge in [0.15, 0.2) is 5.82 Å². The van der Waals surface area contributed by atoms with Gasteiger partial charge in [-0.25, -0.2) is 15.0 Å². The Morgan fingerprint density at radius 2 is 1.34 bits per heavy atom. The van der Waals surface area contributed by atoms with E-state index in [1.165, 1.54) is 12.3 Å². The first-order valence-corrected chi connectivity index (χ1v) is 11.1. The smallest absolute Gasteiger partial charge is 0.330 e. The molecule has 0 amide bonds. The molecule has 0 atom stereocenters. The summed E-state index contributed by atoms with van der Waals surface area (Å²) in [5, 5.41) is 14.5. The third-order valence-electron chi connectivity index (χ3n) is 5.31. The van der Waals surface area contributed by atoms with E-state index in [0.29, 0.717) is 11.5 Å². The average molecular weight is 480 g/mol. The highest BCUT2D eigenvalue weighted by atomic mass is 35.5. The zero-order valence-electron chi connectivity index (χ0n) is 18.3. The van der Waals surface area contributed by atoms with Gasteiger partial charge >= 0.3 is 5.69 Å². The van der Waals surface area contributed by atoms with Crippen LogP contribution in [0.25, 0.3) is 33.9 Å². The lowest BCUT2D eigenvalue weighted by Gasteiger charge is -2.11. The molecule has 0 radical (unpaired) electrons. The van der Waals surface area contributed by atoms with Crippen LogP contribution in [0.5, 0.6) is 0 Å². The number of aromatic nitrogens is 3. The van der Waals surface area contributed by atoms with Gasteiger partial charge in [0.05, 0.1) is 16.3 Å². The second-order valence-corrected chi connectivity index (χ2v) is 8.05. The zero-order valence-corrected chi connectivity index (χ0v) is 19.1. The number of benzene rings is 3. The molecular formula is C27H18ClN5O2. The lowest BCUT2D eigenvalue weighted by atomic mass is 10.1. The molecule has 0 aliphatic carbocycles. The first kappa shape index (κ1) is 22.2. The summed E-state index contributed by atoms with van der Waals surface area (Å²) in [7, 11) is 0. The highest BCUT2D eigenvalue weighted by Gasteiger charge is 2.20. The minimum Gasteiger partial charge on any atom is -0.334 e. The fourth-order valence-electron chi connectivity index (χ4n) is 3.66. The molecule has 35 heavy (non-hydrogen) atoms. The molecule has 0 aliphatic rings. The topological polar surface area (TPSA) is 93.8 Å². The van der Waals surface area contributed by atoms with Crippen LogP contribution in [0, 0.1) is 10.1 Å². The Hall–Kier alpha value is -4.62. The van der Waals surface area contributed by atoms with Gasteiger partial charge in [0.2, 0.25) is 5.82 Å². The van der Waals surface area contributed by atoms with Gasteiger partial charge < -0.3 is 5.32 Å². The summed E-state index contributed by atoms with van der Waals surface area (Å²) < 4.78 is 0. The van der Waals surface area contributed by atoms with Crippen molar-refractivity contribution in [3.63, 3.8) is 0 Å². The number of nitrogens with zero attached hydrogens (tertiary/aromatic N) is 4. The highest BCUT2D eigenvalue weighted by molar-refractivity contribution is 6.33. The minimum atomic E-state index is -0.555. The van der Waals surface area contributed by atoms with E-state index < -0.39 is 4.92 Å². The third kappa shape index (κ3) is 4.85. The standard InChI is InChI=1S/C27H18ClN5O2/c28-22-14-15-29-27(25(22)33(34)35)30-21-13-7-12-20(16-21)26-31-23(18-8-3-1-4-9-18)17-24(32-26)19-10-5-2-6-11-19/h1-17H,(H,29,30). The molecule has 8 heteroatoms. The van der Waals surface area contributed by atoms with Gasteiger partial charge in [-0.2, -0.15) is 0 Å². The lowest BCUT2D eigenvalue weighted by Crippen LogP contribution is -2.01. The molecular weight excluding hydrogens is 462 g/mol. The van der Waals surface area contributed by atoms with Crippen LogP contribution in [0.3, 0.4) is 0 Å². The third-order valence-corrected chi connectivity index (χ3v) is 5.61. The van der Waals surface area contributed by atoms with E-state index in [1.54, 1.807) is 6.07 Å². The number of nitro groups is 1. The number of nitrogens with one attached hydrogen (secondary N) is 1. The van der Waals surface area contributed by atoms with E-state index in [9.17, 15) is 10.1 Å². The molecule has 0 saturated carbocycles. The Morgan fingerprint density at radius 1 is 0.743 bits per heavy atom. The Labute approximate surface area is 206 Å². The molecule has 3 aromatic carbocycles. The summed E-state index contributed by atoms with van der Waals surface area (Å²) >= 11 is 6.03. The van der Waals surface area contributed by atoms with Crippen molar-refractivity contribution in [3.05, 3.63) is 118 Å². The van der Waals surface area contributed by atoms with Crippen molar-refractivity contribution in [2.24, 2.45) is 0 Å². The van der Waals surface area contributed by atoms with Crippen LogP contribution in [0.1, 0.15) is 0 Å². The van der Waals surface area contributed by atoms with Crippen LogP contribution in [-0.4, -0.2) is 19.9 Å². The molecule has 170 valence electrons. The number of hydrogen-bond donors (Lipinski definition) is 1. The Kier molecular flexibility index (Phi) is 6.15. The maximum atomic E-state index is 11.5. The fourth-order valence-corrected chi connectivity index (χ4v) is 3.87. The van der Waals surface area contributed by atoms with Crippen molar-refractivity contribution in [3.8, 4) is 33.9 Å². The van der Waals surface area contributed by atoms with Crippen molar-refractivity contribution in [1.82, 2.24) is 15.0 Å². The quantitative estimate of drug-likeness (QED) is 0.205. The van der Waals surface area contributed by atoms with Crippen LogP contribution in [0.2, 0.25) is 5.02 Å². The predicted molar refractivity (Wildman–Crippen MR) is 138 cm³/mol. The van der Waals surface area contributed by atoms with Gasteiger partial charge in [-0.1, -0.05) is 84.4 Å². The molecule has 1 N–H and O–H groups in total. The average Bonchev–Trinajstić information content (AvgIpc) is 2.89. The molecule has 0 unspecified atom stereocenters. The molecule has 2 aromatic heterocycles. The van der Waals surface area contributed by atoms with Crippen LogP contribution in [0.4, 0.5) is 17.2 Å². The first-order chi connectivity index (χ1) is 17.1. The Morgan fingerprint density at radius 3 is 1.94 bits per heavy atom. The first-order valence-electron chi connectivity index (χ1n) is 10.7. The summed E-state index contributed by atoms with van der Waals surface area (Å²) in [6.07, 6.45) is 1.42. The molecule has 2 heterocycles. The molecule has 5 rings (SSSR count). The minimum absolute atomic E-state index is 0.00931. The van der Waals surface area contributed by atoms with Crippen molar-refractivity contribution >= 4 is 28.8 Å². The van der Waals surface area contributed by atoms with Crippen molar-refractivity contribution in [2.75, 3.05) is 5.32 Å². The van der Waals surface area contributed by atoms with Crippen LogP contribution in [0.15, 0.2) is 103 Å². The maximum absolute atomic E-state index is 11.5. The van der Waals surface area contributed by atoms with Crippen molar-refractivity contribution in [2.45, 2.75) is 0 Å². The number of anilines is 2. The van der Waals surface area contributed by atoms with Gasteiger partial charge in [0.1, 0.15) is 5.02 Å². The normalized spacial score (nSPS) is 10.7. The summed E-state index contributed by atoms with van der Waals surface area (Å²) in [6, 6.07) is 30.5. The molecule has 5 aromatic rings. The summed E-state index contributed by atoms with van der Waals surface area (Å²) in [6.45, 7) is 0. The number of rotatable bonds is 6. The molecule has 0 saturated heterocycles. The lowest BCUT2D eigenvalue weighted by molar-refractivity contribution is -0.384. The maximum Gasteiger partial charge on any atom is 0.330 e. The molecule has 0 fully saturated rings. The van der Waals surface area contributed by atoms with E-state index >= 15 is 0 Å². The molecule has 7 nitrogen and oxygen atoms in total. The largest absolute Gasteiger partial charge is 0.334 e. The van der Waals surface area contributed by atoms with Crippen LogP contribution >= 0.6 is 11.6 Å². The van der Waals surface area contributed by atoms with Crippen LogP contribution < -0.4 is 5.32 Å². The summed E-state index contributed by atoms with van der Waals surface area (Å²) in [4.78, 5) is 24.7. The van der Waals surface area contributed by atoms with Crippen LogP contribution in [-0.2, 0) is 0 Å². The number of halogens is 1. The highest BCUT2D eigenvalue weighted by Crippen LogP contribution is 2.33. The predicted octanol–water partition coefficient (Wildman–Crippen LogP) is 7.18. The summed E-state index contributed by atoms with van der Waals surface area (Å²) in [5.74, 6) is 0.589. The monoisotopic (exact) mass is 479 g/mol. The Balaban J connectivity index is 1.58. The molecule has 0 aliphatic heterocycles. The second kappa shape index (κ2) is 9.70. The van der Waals surface area contributed by atoms with Gasteiger partial charge in [0.25, 0.3) is 0 Å². The SMILES string of the molecule is O=[N+]([O-])c1c(Cl)ccnc1Nc1cccc(-c2nc(-c3ccccc3)cc(-c3ccccc3)n2)c1. The van der Waals surface area contributed by atoms with Gasteiger partial charge in [0, 0.05) is 28.6 Å². The Bertz CT molecular complexity index is 1450. The van der Waals surface area contributed by atoms with E-state index in [2.05, 4.69) is 10.3 Å². The van der Waals surface area contributed by atoms with E-state index in [-0.39, 0.29) is 16.5 Å². The van der Waals surface area contributed by atoms with Crippen molar-refractivity contribution in [1.29, 1.82) is 0 Å². The second-order valence-electron chi connectivity index (χ2n) is 7.65. The van der Waals surface area contributed by atoms with E-state index in [0.717, 1.165) is 28.1 Å².